The Morgan fingerprint density at radius 3 is 2.81 bits per heavy atom. The second kappa shape index (κ2) is 5.87. The van der Waals surface area contributed by atoms with Crippen molar-refractivity contribution in [2.24, 2.45) is 7.05 Å². The summed E-state index contributed by atoms with van der Waals surface area (Å²) in [4.78, 5) is 15.1. The molecule has 1 unspecified atom stereocenters. The normalized spacial score (nSPS) is 17.3. The number of hydrogen-bond acceptors (Lipinski definition) is 4. The predicted octanol–water partition coefficient (Wildman–Crippen LogP) is 3.41. The highest BCUT2D eigenvalue weighted by Crippen LogP contribution is 2.37. The Morgan fingerprint density at radius 1 is 1.11 bits per heavy atom. The molecule has 1 amide bonds. The molecule has 0 saturated carbocycles. The predicted molar refractivity (Wildman–Crippen MR) is 101 cm³/mol. The zero-order valence-corrected chi connectivity index (χ0v) is 15.2. The van der Waals surface area contributed by atoms with E-state index in [1.165, 1.54) is 5.56 Å². The molecule has 1 atom stereocenters. The number of ether oxygens (including phenoxy) is 2. The number of fused-ring (bicyclic) bond motifs is 2. The number of anilines is 1. The number of para-hydroxylation sites is 1. The van der Waals surface area contributed by atoms with Crippen LogP contribution < -0.4 is 14.4 Å². The van der Waals surface area contributed by atoms with Gasteiger partial charge in [0.1, 0.15) is 0 Å². The van der Waals surface area contributed by atoms with Gasteiger partial charge < -0.3 is 14.4 Å². The minimum Gasteiger partial charge on any atom is -0.454 e. The van der Waals surface area contributed by atoms with Crippen molar-refractivity contribution in [2.75, 3.05) is 11.7 Å². The maximum atomic E-state index is 13.2. The van der Waals surface area contributed by atoms with Gasteiger partial charge in [-0.25, -0.2) is 0 Å². The molecule has 27 heavy (non-hydrogen) atoms. The van der Waals surface area contributed by atoms with Crippen LogP contribution in [-0.2, 0) is 13.5 Å². The van der Waals surface area contributed by atoms with Crippen LogP contribution in [0.2, 0.25) is 0 Å². The fraction of sp³-hybridized carbons (Fsp3) is 0.238. The molecule has 6 heteroatoms. The molecule has 5 rings (SSSR count). The van der Waals surface area contributed by atoms with Crippen LogP contribution in [0.5, 0.6) is 11.5 Å². The average Bonchev–Trinajstić information content (AvgIpc) is 3.36. The molecule has 3 heterocycles. The van der Waals surface area contributed by atoms with Gasteiger partial charge in [-0.05, 0) is 49.2 Å². The van der Waals surface area contributed by atoms with Crippen molar-refractivity contribution in [1.82, 2.24) is 9.78 Å². The van der Waals surface area contributed by atoms with E-state index >= 15 is 0 Å². The topological polar surface area (TPSA) is 56.6 Å². The first-order valence-electron chi connectivity index (χ1n) is 8.97. The molecular weight excluding hydrogens is 342 g/mol. The maximum absolute atomic E-state index is 13.2. The summed E-state index contributed by atoms with van der Waals surface area (Å²) in [7, 11) is 1.85. The number of hydrogen-bond donors (Lipinski definition) is 0. The van der Waals surface area contributed by atoms with Crippen LogP contribution in [0.3, 0.4) is 0 Å². The Kier molecular flexibility index (Phi) is 3.47. The molecule has 0 bridgehead atoms. The van der Waals surface area contributed by atoms with E-state index in [1.807, 2.05) is 54.4 Å². The van der Waals surface area contributed by atoms with Crippen molar-refractivity contribution >= 4 is 11.6 Å². The zero-order valence-electron chi connectivity index (χ0n) is 15.2. The lowest BCUT2D eigenvalue weighted by molar-refractivity contribution is 0.0976. The van der Waals surface area contributed by atoms with E-state index in [0.29, 0.717) is 11.4 Å². The van der Waals surface area contributed by atoms with Crippen molar-refractivity contribution in [1.29, 1.82) is 0 Å². The smallest absolute Gasteiger partial charge is 0.279 e. The summed E-state index contributed by atoms with van der Waals surface area (Å²) in [6.45, 7) is 2.31. The van der Waals surface area contributed by atoms with Crippen molar-refractivity contribution in [3.8, 4) is 22.8 Å². The van der Waals surface area contributed by atoms with Crippen LogP contribution in [-0.4, -0.2) is 28.5 Å². The van der Waals surface area contributed by atoms with E-state index in [2.05, 4.69) is 18.1 Å². The largest absolute Gasteiger partial charge is 0.454 e. The van der Waals surface area contributed by atoms with Crippen LogP contribution >= 0.6 is 0 Å². The van der Waals surface area contributed by atoms with Crippen molar-refractivity contribution in [2.45, 2.75) is 19.4 Å². The molecule has 136 valence electrons. The highest BCUT2D eigenvalue weighted by Gasteiger charge is 2.32. The Labute approximate surface area is 156 Å². The van der Waals surface area contributed by atoms with Crippen LogP contribution in [0, 0.1) is 0 Å². The van der Waals surface area contributed by atoms with Crippen LogP contribution in [0.15, 0.2) is 48.5 Å². The van der Waals surface area contributed by atoms with E-state index in [0.717, 1.165) is 29.1 Å². The quantitative estimate of drug-likeness (QED) is 0.702. The number of carbonyl (C=O) groups excluding carboxylic acids is 1. The van der Waals surface area contributed by atoms with E-state index in [4.69, 9.17) is 9.47 Å². The third-order valence-corrected chi connectivity index (χ3v) is 5.19. The summed E-state index contributed by atoms with van der Waals surface area (Å²) in [5.74, 6) is 1.37. The highest BCUT2D eigenvalue weighted by molar-refractivity contribution is 6.07. The second-order valence-corrected chi connectivity index (χ2v) is 6.96. The first-order chi connectivity index (χ1) is 13.1. The molecule has 0 N–H and O–H groups in total. The Balaban J connectivity index is 1.50. The number of aryl methyl sites for hydroxylation is 1. The van der Waals surface area contributed by atoms with Crippen molar-refractivity contribution in [3.63, 3.8) is 0 Å². The van der Waals surface area contributed by atoms with Gasteiger partial charge in [-0.15, -0.1) is 0 Å². The molecule has 2 aliphatic heterocycles. The van der Waals surface area contributed by atoms with Crippen molar-refractivity contribution < 1.29 is 14.3 Å². The number of rotatable bonds is 2. The zero-order chi connectivity index (χ0) is 18.5. The van der Waals surface area contributed by atoms with Gasteiger partial charge in [-0.1, -0.05) is 18.2 Å². The second-order valence-electron chi connectivity index (χ2n) is 6.96. The molecule has 0 aliphatic carbocycles. The monoisotopic (exact) mass is 361 g/mol. The van der Waals surface area contributed by atoms with E-state index in [1.54, 1.807) is 4.68 Å². The molecule has 0 spiro atoms. The number of amides is 1. The van der Waals surface area contributed by atoms with Crippen LogP contribution in [0.4, 0.5) is 5.69 Å². The van der Waals surface area contributed by atoms with Gasteiger partial charge in [0, 0.05) is 24.3 Å². The average molecular weight is 361 g/mol. The lowest BCUT2D eigenvalue weighted by atomic mass is 10.1. The molecule has 2 aromatic carbocycles. The lowest BCUT2D eigenvalue weighted by Gasteiger charge is -2.21. The van der Waals surface area contributed by atoms with Crippen LogP contribution in [0.25, 0.3) is 11.3 Å². The first kappa shape index (κ1) is 15.9. The molecule has 1 aromatic heterocycles. The number of benzene rings is 2. The number of aromatic nitrogens is 2. The molecule has 0 fully saturated rings. The summed E-state index contributed by atoms with van der Waals surface area (Å²) >= 11 is 0. The highest BCUT2D eigenvalue weighted by atomic mass is 16.7. The molecule has 3 aromatic rings. The molecule has 0 radical (unpaired) electrons. The molecule has 0 saturated heterocycles. The van der Waals surface area contributed by atoms with Gasteiger partial charge >= 0.3 is 0 Å². The van der Waals surface area contributed by atoms with Crippen molar-refractivity contribution in [3.05, 3.63) is 59.8 Å². The molecule has 2 aliphatic rings. The maximum Gasteiger partial charge on any atom is 0.279 e. The summed E-state index contributed by atoms with van der Waals surface area (Å²) in [6.07, 6.45) is 0.865. The van der Waals surface area contributed by atoms with Gasteiger partial charge in [0.25, 0.3) is 5.91 Å². The minimum absolute atomic E-state index is 0.0740. The Hall–Kier alpha value is -3.28. The standard InChI is InChI=1S/C21H19N3O3/c1-13-9-14-5-3-4-6-17(14)24(13)21(25)16-11-18(23(2)22-16)15-7-8-19-20(10-15)27-12-26-19/h3-8,10-11,13H,9,12H2,1-2H3. The first-order valence-corrected chi connectivity index (χ1v) is 8.97. The summed E-state index contributed by atoms with van der Waals surface area (Å²) in [5.41, 5.74) is 4.41. The van der Waals surface area contributed by atoms with E-state index in [9.17, 15) is 4.79 Å². The fourth-order valence-corrected chi connectivity index (χ4v) is 3.90. The fourth-order valence-electron chi connectivity index (χ4n) is 3.90. The lowest BCUT2D eigenvalue weighted by Crippen LogP contribution is -2.36. The van der Waals surface area contributed by atoms with Gasteiger partial charge in [0.2, 0.25) is 6.79 Å². The van der Waals surface area contributed by atoms with E-state index < -0.39 is 0 Å². The van der Waals surface area contributed by atoms with E-state index in [-0.39, 0.29) is 18.7 Å². The van der Waals surface area contributed by atoms with Gasteiger partial charge in [-0.3, -0.25) is 9.48 Å². The molecule has 6 nitrogen and oxygen atoms in total. The third-order valence-electron chi connectivity index (χ3n) is 5.19. The van der Waals surface area contributed by atoms with Crippen LogP contribution in [0.1, 0.15) is 23.0 Å². The SMILES string of the molecule is CC1Cc2ccccc2N1C(=O)c1cc(-c2ccc3c(c2)OCO3)n(C)n1. The summed E-state index contributed by atoms with van der Waals surface area (Å²) in [5, 5.41) is 4.49. The molecular formula is C21H19N3O3. The van der Waals surface area contributed by atoms with Gasteiger partial charge in [0.05, 0.1) is 5.69 Å². The summed E-state index contributed by atoms with van der Waals surface area (Å²) in [6, 6.07) is 15.8. The van der Waals surface area contributed by atoms with Gasteiger partial charge in [-0.2, -0.15) is 5.10 Å². The summed E-state index contributed by atoms with van der Waals surface area (Å²) < 4.78 is 12.6. The minimum atomic E-state index is -0.0740. The Morgan fingerprint density at radius 2 is 1.93 bits per heavy atom. The number of nitrogens with zero attached hydrogens (tertiary/aromatic N) is 3. The van der Waals surface area contributed by atoms with Gasteiger partial charge in [0.15, 0.2) is 17.2 Å². The third kappa shape index (κ3) is 2.48. The number of carbonyl (C=O) groups is 1. The Bertz CT molecular complexity index is 1060.